The smallest absolute Gasteiger partial charge is 0.323 e. The van der Waals surface area contributed by atoms with Crippen LogP contribution in [0.15, 0.2) is 60.9 Å². The Balaban J connectivity index is 1.60. The van der Waals surface area contributed by atoms with Gasteiger partial charge in [0, 0.05) is 22.6 Å². The Labute approximate surface area is 185 Å². The lowest BCUT2D eigenvalue weighted by atomic mass is 10.0. The number of nitrogens with zero attached hydrogens (tertiary/aromatic N) is 3. The molecule has 0 radical (unpaired) electrons. The van der Waals surface area contributed by atoms with Gasteiger partial charge in [0.1, 0.15) is 11.8 Å². The molecule has 0 aliphatic heterocycles. The zero-order chi connectivity index (χ0) is 22.8. The Morgan fingerprint density at radius 1 is 1.00 bits per heavy atom. The molecule has 0 spiro atoms. The molecule has 0 aliphatic carbocycles. The Kier molecular flexibility index (Phi) is 5.59. The molecule has 32 heavy (non-hydrogen) atoms. The van der Waals surface area contributed by atoms with Crippen LogP contribution < -0.4 is 16.4 Å². The van der Waals surface area contributed by atoms with Crippen LogP contribution >= 0.6 is 0 Å². The summed E-state index contributed by atoms with van der Waals surface area (Å²) in [5, 5.41) is 9.81. The molecule has 2 amide bonds. The number of rotatable bonds is 5. The van der Waals surface area contributed by atoms with E-state index in [9.17, 15) is 9.59 Å². The van der Waals surface area contributed by atoms with Gasteiger partial charge in [0.05, 0.1) is 5.56 Å². The van der Waals surface area contributed by atoms with Gasteiger partial charge in [0.15, 0.2) is 11.6 Å². The number of hydrogen-bond donors (Lipinski definition) is 3. The monoisotopic (exact) mass is 428 g/mol. The predicted molar refractivity (Wildman–Crippen MR) is 125 cm³/mol. The van der Waals surface area contributed by atoms with E-state index >= 15 is 0 Å². The molecule has 0 unspecified atom stereocenters. The number of nitrogens with one attached hydrogen (secondary N) is 2. The van der Waals surface area contributed by atoms with Crippen LogP contribution in [0.1, 0.15) is 46.9 Å². The van der Waals surface area contributed by atoms with Crippen molar-refractivity contribution in [3.8, 4) is 0 Å². The molecule has 2 heterocycles. The molecule has 0 atom stereocenters. The van der Waals surface area contributed by atoms with Crippen molar-refractivity contribution in [2.75, 3.05) is 16.4 Å². The summed E-state index contributed by atoms with van der Waals surface area (Å²) in [6.45, 7) is 6.02. The number of benzene rings is 2. The minimum Gasteiger partial charge on any atom is -0.382 e. The van der Waals surface area contributed by atoms with Crippen molar-refractivity contribution < 1.29 is 9.59 Å². The lowest BCUT2D eigenvalue weighted by molar-refractivity contribution is 0.104. The van der Waals surface area contributed by atoms with E-state index in [0.29, 0.717) is 28.0 Å². The van der Waals surface area contributed by atoms with E-state index in [1.807, 2.05) is 45.0 Å². The Morgan fingerprint density at radius 2 is 1.72 bits per heavy atom. The molecular formula is C24H24N6O2. The maximum absolute atomic E-state index is 13.4. The van der Waals surface area contributed by atoms with Crippen molar-refractivity contribution in [3.63, 3.8) is 0 Å². The number of carbonyl (C=O) groups excluding carboxylic acids is 2. The number of ketones is 1. The van der Waals surface area contributed by atoms with Crippen LogP contribution in [0.3, 0.4) is 0 Å². The number of urea groups is 1. The highest BCUT2D eigenvalue weighted by molar-refractivity contribution is 6.15. The lowest BCUT2D eigenvalue weighted by Gasteiger charge is -2.09. The summed E-state index contributed by atoms with van der Waals surface area (Å²) in [4.78, 5) is 29.8. The molecule has 8 nitrogen and oxygen atoms in total. The normalized spacial score (nSPS) is 11.0. The Hall–Kier alpha value is -4.20. The van der Waals surface area contributed by atoms with Crippen LogP contribution in [0.25, 0.3) is 5.52 Å². The van der Waals surface area contributed by atoms with Gasteiger partial charge in [0.2, 0.25) is 0 Å². The van der Waals surface area contributed by atoms with Gasteiger partial charge in [-0.05, 0) is 43.2 Å². The van der Waals surface area contributed by atoms with Gasteiger partial charge in [-0.1, -0.05) is 43.7 Å². The second kappa shape index (κ2) is 8.50. The number of hydrogen-bond acceptors (Lipinski definition) is 5. The standard InChI is InChI=1S/C24H24N6O2/c1-14(2)20-12-19(21-23(25)26-13-27-30(20)21)22(31)16-5-4-6-18(11-16)29-24(32)28-17-9-7-15(3)8-10-17/h4-14H,1-3H3,(H2,25,26,27)(H2,28,29,32). The number of nitrogens with two attached hydrogens (primary N) is 1. The van der Waals surface area contributed by atoms with Crippen molar-refractivity contribution in [1.29, 1.82) is 0 Å². The second-order valence-electron chi connectivity index (χ2n) is 7.90. The third-order valence-corrected chi connectivity index (χ3v) is 5.14. The zero-order valence-corrected chi connectivity index (χ0v) is 18.1. The van der Waals surface area contributed by atoms with Crippen LogP contribution in [-0.4, -0.2) is 26.4 Å². The number of fused-ring (bicyclic) bond motifs is 1. The fraction of sp³-hybridized carbons (Fsp3) is 0.167. The highest BCUT2D eigenvalue weighted by atomic mass is 16.2. The van der Waals surface area contributed by atoms with Crippen LogP contribution in [-0.2, 0) is 0 Å². The first-order valence-corrected chi connectivity index (χ1v) is 10.2. The van der Waals surface area contributed by atoms with Gasteiger partial charge < -0.3 is 16.4 Å². The van der Waals surface area contributed by atoms with Crippen molar-refractivity contribution >= 4 is 34.5 Å². The third-order valence-electron chi connectivity index (χ3n) is 5.14. The molecule has 0 fully saturated rings. The van der Waals surface area contributed by atoms with Gasteiger partial charge in [0.25, 0.3) is 0 Å². The molecule has 162 valence electrons. The molecule has 4 N–H and O–H groups in total. The van der Waals surface area contributed by atoms with E-state index in [2.05, 4.69) is 20.7 Å². The van der Waals surface area contributed by atoms with E-state index in [4.69, 9.17) is 5.73 Å². The van der Waals surface area contributed by atoms with Gasteiger partial charge in [-0.15, -0.1) is 0 Å². The lowest BCUT2D eigenvalue weighted by Crippen LogP contribution is -2.19. The first-order valence-electron chi connectivity index (χ1n) is 10.2. The van der Waals surface area contributed by atoms with Crippen LogP contribution in [0.2, 0.25) is 0 Å². The highest BCUT2D eigenvalue weighted by Gasteiger charge is 2.22. The molecule has 0 aliphatic rings. The minimum atomic E-state index is -0.396. The first-order chi connectivity index (χ1) is 15.3. The summed E-state index contributed by atoms with van der Waals surface area (Å²) in [6, 6.07) is 15.7. The van der Waals surface area contributed by atoms with Gasteiger partial charge in [-0.2, -0.15) is 5.10 Å². The van der Waals surface area contributed by atoms with E-state index in [-0.39, 0.29) is 17.5 Å². The third kappa shape index (κ3) is 4.15. The maximum atomic E-state index is 13.4. The van der Waals surface area contributed by atoms with Gasteiger partial charge in [-0.3, -0.25) is 4.79 Å². The molecule has 4 aromatic rings. The number of carbonyl (C=O) groups is 2. The molecule has 8 heteroatoms. The summed E-state index contributed by atoms with van der Waals surface area (Å²) in [7, 11) is 0. The number of nitrogen functional groups attached to an aromatic ring is 1. The van der Waals surface area contributed by atoms with E-state index in [1.54, 1.807) is 34.8 Å². The number of aromatic nitrogens is 3. The summed E-state index contributed by atoms with van der Waals surface area (Å²) in [5.41, 5.74) is 10.5. The fourth-order valence-corrected chi connectivity index (χ4v) is 3.50. The number of aryl methyl sites for hydroxylation is 1. The molecule has 2 aromatic carbocycles. The Bertz CT molecular complexity index is 1310. The van der Waals surface area contributed by atoms with Gasteiger partial charge in [-0.25, -0.2) is 14.3 Å². The molecular weight excluding hydrogens is 404 g/mol. The topological polar surface area (TPSA) is 114 Å². The van der Waals surface area contributed by atoms with E-state index in [1.165, 1.54) is 6.33 Å². The van der Waals surface area contributed by atoms with Crippen LogP contribution in [0, 0.1) is 6.92 Å². The number of anilines is 3. The SMILES string of the molecule is Cc1ccc(NC(=O)Nc2cccc(C(=O)c3cc(C(C)C)n4ncnc(N)c34)c2)cc1. The molecule has 2 aromatic heterocycles. The largest absolute Gasteiger partial charge is 0.382 e. The zero-order valence-electron chi connectivity index (χ0n) is 18.1. The Morgan fingerprint density at radius 3 is 2.44 bits per heavy atom. The van der Waals surface area contributed by atoms with Crippen molar-refractivity contribution in [3.05, 3.63) is 83.3 Å². The van der Waals surface area contributed by atoms with Crippen LogP contribution in [0.4, 0.5) is 22.0 Å². The molecule has 0 saturated carbocycles. The summed E-state index contributed by atoms with van der Waals surface area (Å²) in [6.07, 6.45) is 1.37. The van der Waals surface area contributed by atoms with Crippen molar-refractivity contribution in [2.24, 2.45) is 0 Å². The van der Waals surface area contributed by atoms with Crippen LogP contribution in [0.5, 0.6) is 0 Å². The minimum absolute atomic E-state index is 0.136. The summed E-state index contributed by atoms with van der Waals surface area (Å²) < 4.78 is 1.66. The second-order valence-corrected chi connectivity index (χ2v) is 7.90. The van der Waals surface area contributed by atoms with Crippen molar-refractivity contribution in [1.82, 2.24) is 14.6 Å². The number of amides is 2. The predicted octanol–water partition coefficient (Wildman–Crippen LogP) is 4.62. The highest BCUT2D eigenvalue weighted by Crippen LogP contribution is 2.27. The fourth-order valence-electron chi connectivity index (χ4n) is 3.50. The molecule has 0 bridgehead atoms. The average molecular weight is 428 g/mol. The van der Waals surface area contributed by atoms with E-state index in [0.717, 1.165) is 11.3 Å². The maximum Gasteiger partial charge on any atom is 0.323 e. The van der Waals surface area contributed by atoms with Crippen molar-refractivity contribution in [2.45, 2.75) is 26.7 Å². The average Bonchev–Trinajstić information content (AvgIpc) is 3.16. The van der Waals surface area contributed by atoms with E-state index < -0.39 is 6.03 Å². The van der Waals surface area contributed by atoms with Gasteiger partial charge >= 0.3 is 6.03 Å². The summed E-state index contributed by atoms with van der Waals surface area (Å²) >= 11 is 0. The summed E-state index contributed by atoms with van der Waals surface area (Å²) in [5.74, 6) is 0.150. The molecule has 0 saturated heterocycles. The molecule has 4 rings (SSSR count). The quantitative estimate of drug-likeness (QED) is 0.401. The first kappa shape index (κ1) is 21.0.